The number of carbonyl (C=O) groups excluding carboxylic acids is 2. The molecule has 94 heavy (non-hydrogen) atoms. The fourth-order valence-electron chi connectivity index (χ4n) is 11.0. The summed E-state index contributed by atoms with van der Waals surface area (Å²) in [5.74, 6) is -0.808. The van der Waals surface area contributed by atoms with E-state index in [1.807, 2.05) is 21.1 Å². The minimum absolute atomic E-state index is 0.0243. The maximum Gasteiger partial charge on any atom is 0.472 e. The predicted octanol–water partition coefficient (Wildman–Crippen LogP) is 26.2. The van der Waals surface area contributed by atoms with Crippen molar-refractivity contribution in [2.24, 2.45) is 0 Å². The van der Waals surface area contributed by atoms with Crippen molar-refractivity contribution in [3.63, 3.8) is 0 Å². The SMILES string of the molecule is CC/C=C\C/C=C\C/C=C\C/C=C\C/C=C\C/C=C\C/C=C\C/C=C\CCCCCCCCC(=O)OC(COC(=O)CCCCCCCCCCCCCCCCCCCCCCCCCCCCC/C=C\C/C=C\CCCCCCC)COP(=O)(O)OCC[N+](C)(C)C. The van der Waals surface area contributed by atoms with Gasteiger partial charge in [0.05, 0.1) is 27.7 Å². The third-order valence-corrected chi connectivity index (χ3v) is 18.0. The first-order chi connectivity index (χ1) is 46.0. The summed E-state index contributed by atoms with van der Waals surface area (Å²) in [6.45, 7) is 4.32. The van der Waals surface area contributed by atoms with E-state index in [4.69, 9.17) is 18.5 Å². The number of esters is 2. The molecule has 0 heterocycles. The number of phosphoric ester groups is 1. The molecule has 0 amide bonds. The number of allylic oxidation sites excluding steroid dienone is 20. The van der Waals surface area contributed by atoms with Gasteiger partial charge in [-0.05, 0) is 109 Å². The Morgan fingerprint density at radius 1 is 0.340 bits per heavy atom. The van der Waals surface area contributed by atoms with E-state index in [-0.39, 0.29) is 32.0 Å². The largest absolute Gasteiger partial charge is 0.472 e. The molecule has 0 aromatic carbocycles. The Balaban J connectivity index is 3.99. The van der Waals surface area contributed by atoms with Crippen LogP contribution in [0, 0.1) is 0 Å². The van der Waals surface area contributed by atoms with Crippen molar-refractivity contribution >= 4 is 19.8 Å². The number of phosphoric acid groups is 1. The van der Waals surface area contributed by atoms with Crippen LogP contribution < -0.4 is 0 Å². The molecule has 0 aliphatic rings. The van der Waals surface area contributed by atoms with E-state index in [9.17, 15) is 19.0 Å². The number of quaternary nitrogens is 1. The molecule has 2 unspecified atom stereocenters. The molecule has 0 aliphatic heterocycles. The third-order valence-electron chi connectivity index (χ3n) is 17.0. The molecule has 0 saturated carbocycles. The van der Waals surface area contributed by atoms with Gasteiger partial charge in [0.2, 0.25) is 0 Å². The van der Waals surface area contributed by atoms with Crippen LogP contribution in [0.25, 0.3) is 0 Å². The molecular weight excluding hydrogens is 1180 g/mol. The van der Waals surface area contributed by atoms with Gasteiger partial charge in [-0.15, -0.1) is 0 Å². The topological polar surface area (TPSA) is 108 Å². The van der Waals surface area contributed by atoms with Crippen LogP contribution in [0.2, 0.25) is 0 Å². The second kappa shape index (κ2) is 73.7. The summed E-state index contributed by atoms with van der Waals surface area (Å²) in [5, 5.41) is 0. The van der Waals surface area contributed by atoms with E-state index >= 15 is 0 Å². The van der Waals surface area contributed by atoms with Gasteiger partial charge in [-0.25, -0.2) is 4.57 Å². The molecule has 0 rings (SSSR count). The maximum atomic E-state index is 12.9. The predicted molar refractivity (Wildman–Crippen MR) is 408 cm³/mol. The van der Waals surface area contributed by atoms with Gasteiger partial charge in [0.1, 0.15) is 19.8 Å². The molecule has 1 N–H and O–H groups in total. The summed E-state index contributed by atoms with van der Waals surface area (Å²) in [6, 6.07) is 0. The highest BCUT2D eigenvalue weighted by Gasteiger charge is 2.27. The number of rotatable bonds is 72. The smallest absolute Gasteiger partial charge is 0.462 e. The van der Waals surface area contributed by atoms with Crippen molar-refractivity contribution in [1.82, 2.24) is 0 Å². The van der Waals surface area contributed by atoms with Gasteiger partial charge in [-0.2, -0.15) is 0 Å². The van der Waals surface area contributed by atoms with Gasteiger partial charge >= 0.3 is 19.8 Å². The molecule has 10 heteroatoms. The Kier molecular flexibility index (Phi) is 70.8. The Morgan fingerprint density at radius 2 is 0.606 bits per heavy atom. The van der Waals surface area contributed by atoms with Crippen molar-refractivity contribution in [1.29, 1.82) is 0 Å². The van der Waals surface area contributed by atoms with Gasteiger partial charge in [-0.1, -0.05) is 347 Å². The molecule has 0 radical (unpaired) electrons. The van der Waals surface area contributed by atoms with Crippen LogP contribution in [-0.2, 0) is 32.7 Å². The summed E-state index contributed by atoms with van der Waals surface area (Å²) >= 11 is 0. The van der Waals surface area contributed by atoms with Crippen molar-refractivity contribution < 1.29 is 42.1 Å². The average Bonchev–Trinajstić information content (AvgIpc) is 1.66. The standard InChI is InChI=1S/C84H148NO8P/c1-6-8-10-12-14-16-18-20-22-24-26-28-30-32-34-36-38-39-40-41-42-43-44-45-47-48-50-52-54-56-58-60-62-64-66-68-70-72-74-76-83(86)90-80-82(81-92-94(88,89)91-79-78-85(3,4)5)93-84(87)77-75-73-71-69-67-65-63-61-59-57-55-53-51-49-46-37-35-33-31-29-27-25-23-21-19-17-15-13-11-9-7-2/h9,11,15,17-18,20-21,23-24,26-27,29,33,35,46,49,53,55,59,61,82H,6-8,10,12-14,16,19,22,25,28,30-32,34,36-45,47-48,50-52,54,56-58,60,62-81H2,1-5H3/p+1/b11-9-,17-15-,20-18-,23-21-,26-24-,29-27-,35-33-,49-46-,55-53-,61-59-. The number of carbonyl (C=O) groups is 2. The molecule has 0 aliphatic carbocycles. The van der Waals surface area contributed by atoms with E-state index in [2.05, 4.69) is 135 Å². The van der Waals surface area contributed by atoms with Crippen LogP contribution in [0.5, 0.6) is 0 Å². The molecule has 0 aromatic rings. The maximum absolute atomic E-state index is 12.9. The quantitative estimate of drug-likeness (QED) is 0.0211. The zero-order valence-corrected chi connectivity index (χ0v) is 62.8. The molecule has 0 spiro atoms. The zero-order chi connectivity index (χ0) is 68.3. The van der Waals surface area contributed by atoms with E-state index in [0.29, 0.717) is 17.4 Å². The van der Waals surface area contributed by atoms with E-state index in [1.54, 1.807) is 0 Å². The van der Waals surface area contributed by atoms with E-state index in [0.717, 1.165) is 116 Å². The minimum atomic E-state index is -4.41. The van der Waals surface area contributed by atoms with Gasteiger partial charge in [0.15, 0.2) is 6.10 Å². The number of likely N-dealkylation sites (N-methyl/N-ethyl adjacent to an activating group) is 1. The lowest BCUT2D eigenvalue weighted by atomic mass is 10.0. The first kappa shape index (κ1) is 90.4. The molecule has 0 saturated heterocycles. The van der Waals surface area contributed by atoms with Gasteiger partial charge < -0.3 is 18.9 Å². The lowest BCUT2D eigenvalue weighted by Crippen LogP contribution is -2.37. The second-order valence-corrected chi connectivity index (χ2v) is 28.8. The average molecular weight is 1330 g/mol. The Morgan fingerprint density at radius 3 is 0.904 bits per heavy atom. The fourth-order valence-corrected chi connectivity index (χ4v) is 11.7. The van der Waals surface area contributed by atoms with Gasteiger partial charge in [-0.3, -0.25) is 18.6 Å². The number of hydrogen-bond acceptors (Lipinski definition) is 7. The number of ether oxygens (including phenoxy) is 2. The summed E-state index contributed by atoms with van der Waals surface area (Å²) in [5.41, 5.74) is 0. The lowest BCUT2D eigenvalue weighted by molar-refractivity contribution is -0.870. The van der Waals surface area contributed by atoms with Crippen LogP contribution in [0.1, 0.15) is 348 Å². The summed E-state index contributed by atoms with van der Waals surface area (Å²) in [7, 11) is 1.46. The normalized spacial score (nSPS) is 13.7. The van der Waals surface area contributed by atoms with E-state index in [1.165, 1.54) is 199 Å². The van der Waals surface area contributed by atoms with Gasteiger partial charge in [0, 0.05) is 12.8 Å². The molecular formula is C84H149NO8P+. The van der Waals surface area contributed by atoms with Crippen molar-refractivity contribution in [3.8, 4) is 0 Å². The molecule has 0 aromatic heterocycles. The highest BCUT2D eigenvalue weighted by Crippen LogP contribution is 2.43. The highest BCUT2D eigenvalue weighted by atomic mass is 31.2. The van der Waals surface area contributed by atoms with Crippen LogP contribution in [0.4, 0.5) is 0 Å². The van der Waals surface area contributed by atoms with Crippen LogP contribution in [-0.4, -0.2) is 74.9 Å². The Labute approximate surface area is 581 Å². The Hall–Kier alpha value is -3.59. The number of unbranched alkanes of at least 4 members (excludes halogenated alkanes) is 38. The number of nitrogens with zero attached hydrogens (tertiary/aromatic N) is 1. The van der Waals surface area contributed by atoms with Crippen LogP contribution in [0.15, 0.2) is 122 Å². The first-order valence-electron chi connectivity index (χ1n) is 39.3. The molecule has 2 atom stereocenters. The monoisotopic (exact) mass is 1330 g/mol. The van der Waals surface area contributed by atoms with E-state index < -0.39 is 26.5 Å². The molecule has 9 nitrogen and oxygen atoms in total. The van der Waals surface area contributed by atoms with Crippen molar-refractivity contribution in [3.05, 3.63) is 122 Å². The minimum Gasteiger partial charge on any atom is -0.462 e. The Bertz CT molecular complexity index is 2010. The summed E-state index contributed by atoms with van der Waals surface area (Å²) < 4.78 is 34.8. The molecule has 0 fully saturated rings. The van der Waals surface area contributed by atoms with Crippen LogP contribution >= 0.6 is 7.82 Å². The molecule has 542 valence electrons. The van der Waals surface area contributed by atoms with Crippen molar-refractivity contribution in [2.75, 3.05) is 47.5 Å². The summed E-state index contributed by atoms with van der Waals surface area (Å²) in [6.07, 6.45) is 106. The van der Waals surface area contributed by atoms with Crippen molar-refractivity contribution in [2.45, 2.75) is 354 Å². The third kappa shape index (κ3) is 77.4. The highest BCUT2D eigenvalue weighted by molar-refractivity contribution is 7.47. The summed E-state index contributed by atoms with van der Waals surface area (Å²) in [4.78, 5) is 36.0. The zero-order valence-electron chi connectivity index (χ0n) is 61.9. The fraction of sp³-hybridized carbons (Fsp3) is 0.738. The number of hydrogen-bond donors (Lipinski definition) is 1. The van der Waals surface area contributed by atoms with Gasteiger partial charge in [0.25, 0.3) is 0 Å². The van der Waals surface area contributed by atoms with Crippen LogP contribution in [0.3, 0.4) is 0 Å². The first-order valence-corrected chi connectivity index (χ1v) is 40.8. The molecule has 0 bridgehead atoms. The second-order valence-electron chi connectivity index (χ2n) is 27.4. The lowest BCUT2D eigenvalue weighted by Gasteiger charge is -2.24.